The van der Waals surface area contributed by atoms with Gasteiger partial charge in [-0.2, -0.15) is 5.26 Å². The first-order valence-corrected chi connectivity index (χ1v) is 7.70. The number of rotatable bonds is 5. The lowest BCUT2D eigenvalue weighted by molar-refractivity contribution is 0.221. The summed E-state index contributed by atoms with van der Waals surface area (Å²) in [6, 6.07) is 11.2. The SMILES string of the molecule is C=CCCN1CC(c2cnc(C#N)cn2)N(c2ccccc2)C1=O. The number of anilines is 1. The second-order valence-electron chi connectivity index (χ2n) is 5.47. The Kier molecular flexibility index (Phi) is 4.52. The molecule has 2 amide bonds. The van der Waals surface area contributed by atoms with Crippen LogP contribution >= 0.6 is 0 Å². The van der Waals surface area contributed by atoms with Crippen LogP contribution in [0.3, 0.4) is 0 Å². The molecule has 6 heteroatoms. The summed E-state index contributed by atoms with van der Waals surface area (Å²) < 4.78 is 0. The molecule has 1 unspecified atom stereocenters. The number of para-hydroxylation sites is 1. The van der Waals surface area contributed by atoms with Gasteiger partial charge in [-0.05, 0) is 18.6 Å². The molecule has 6 nitrogen and oxygen atoms in total. The van der Waals surface area contributed by atoms with Crippen LogP contribution in [0.1, 0.15) is 23.9 Å². The minimum atomic E-state index is -0.232. The van der Waals surface area contributed by atoms with Crippen molar-refractivity contribution in [3.05, 3.63) is 66.8 Å². The minimum absolute atomic E-state index is 0.0563. The molecule has 0 bridgehead atoms. The largest absolute Gasteiger partial charge is 0.325 e. The van der Waals surface area contributed by atoms with Crippen LogP contribution in [0.15, 0.2) is 55.4 Å². The molecule has 3 rings (SSSR count). The fraction of sp³-hybridized carbons (Fsp3) is 0.222. The molecule has 2 aromatic rings. The lowest BCUT2D eigenvalue weighted by Crippen LogP contribution is -2.33. The molecule has 1 aromatic heterocycles. The van der Waals surface area contributed by atoms with Gasteiger partial charge < -0.3 is 4.90 Å². The number of hydrogen-bond acceptors (Lipinski definition) is 4. The molecule has 0 spiro atoms. The Morgan fingerprint density at radius 2 is 2.08 bits per heavy atom. The van der Waals surface area contributed by atoms with Gasteiger partial charge in [0.1, 0.15) is 6.07 Å². The standard InChI is InChI=1S/C18H17N5O/c1-2-3-9-22-13-17(16-12-20-14(10-19)11-21-16)23(18(22)24)15-7-5-4-6-8-15/h2,4-8,11-12,17H,1,3,9,13H2. The second-order valence-corrected chi connectivity index (χ2v) is 5.47. The third-order valence-corrected chi connectivity index (χ3v) is 3.95. The molecule has 1 saturated heterocycles. The highest BCUT2D eigenvalue weighted by molar-refractivity contribution is 5.95. The number of nitrogens with zero attached hydrogens (tertiary/aromatic N) is 5. The number of urea groups is 1. The highest BCUT2D eigenvalue weighted by Crippen LogP contribution is 2.33. The number of carbonyl (C=O) groups is 1. The number of nitriles is 1. The first kappa shape index (κ1) is 15.7. The predicted octanol–water partition coefficient (Wildman–Crippen LogP) is 2.91. The average molecular weight is 319 g/mol. The van der Waals surface area contributed by atoms with Crippen molar-refractivity contribution in [2.75, 3.05) is 18.0 Å². The third kappa shape index (κ3) is 2.97. The monoisotopic (exact) mass is 319 g/mol. The van der Waals surface area contributed by atoms with E-state index in [1.165, 1.54) is 6.20 Å². The molecule has 1 aromatic carbocycles. The Labute approximate surface area is 140 Å². The van der Waals surface area contributed by atoms with Crippen LogP contribution in [0, 0.1) is 11.3 Å². The van der Waals surface area contributed by atoms with E-state index in [0.29, 0.717) is 18.8 Å². The first-order chi connectivity index (χ1) is 11.7. The summed E-state index contributed by atoms with van der Waals surface area (Å²) in [5, 5.41) is 8.87. The Bertz CT molecular complexity index is 766. The van der Waals surface area contributed by atoms with Crippen molar-refractivity contribution in [1.82, 2.24) is 14.9 Å². The van der Waals surface area contributed by atoms with Crippen LogP contribution in [0.4, 0.5) is 10.5 Å². The Balaban J connectivity index is 1.95. The Morgan fingerprint density at radius 3 is 2.71 bits per heavy atom. The highest BCUT2D eigenvalue weighted by atomic mass is 16.2. The molecule has 1 aliphatic heterocycles. The van der Waals surface area contributed by atoms with Crippen LogP contribution in [0.25, 0.3) is 0 Å². The van der Waals surface area contributed by atoms with E-state index in [4.69, 9.17) is 5.26 Å². The van der Waals surface area contributed by atoms with Gasteiger partial charge in [0.25, 0.3) is 0 Å². The molecule has 0 radical (unpaired) electrons. The number of carbonyl (C=O) groups excluding carboxylic acids is 1. The van der Waals surface area contributed by atoms with Crippen LogP contribution in [-0.2, 0) is 0 Å². The van der Waals surface area contributed by atoms with Crippen LogP contribution in [0.5, 0.6) is 0 Å². The van der Waals surface area contributed by atoms with E-state index in [9.17, 15) is 4.79 Å². The summed E-state index contributed by atoms with van der Waals surface area (Å²) in [6.45, 7) is 4.86. The summed E-state index contributed by atoms with van der Waals surface area (Å²) >= 11 is 0. The predicted molar refractivity (Wildman–Crippen MR) is 90.2 cm³/mol. The lowest BCUT2D eigenvalue weighted by atomic mass is 10.1. The summed E-state index contributed by atoms with van der Waals surface area (Å²) in [4.78, 5) is 24.8. The van der Waals surface area contributed by atoms with Crippen molar-refractivity contribution in [2.45, 2.75) is 12.5 Å². The van der Waals surface area contributed by atoms with E-state index in [1.54, 1.807) is 22.1 Å². The zero-order valence-corrected chi connectivity index (χ0v) is 13.2. The van der Waals surface area contributed by atoms with E-state index >= 15 is 0 Å². The maximum absolute atomic E-state index is 12.8. The van der Waals surface area contributed by atoms with E-state index in [0.717, 1.165) is 12.1 Å². The average Bonchev–Trinajstić information content (AvgIpc) is 2.97. The summed E-state index contributed by atoms with van der Waals surface area (Å²) in [7, 11) is 0. The van der Waals surface area contributed by atoms with Gasteiger partial charge in [-0.3, -0.25) is 9.88 Å². The van der Waals surface area contributed by atoms with E-state index in [-0.39, 0.29) is 17.8 Å². The lowest BCUT2D eigenvalue weighted by Gasteiger charge is -2.22. The molecule has 1 fully saturated rings. The van der Waals surface area contributed by atoms with E-state index < -0.39 is 0 Å². The number of benzene rings is 1. The maximum Gasteiger partial charge on any atom is 0.325 e. The van der Waals surface area contributed by atoms with Crippen molar-refractivity contribution < 1.29 is 4.79 Å². The molecular formula is C18H17N5O. The quantitative estimate of drug-likeness (QED) is 0.794. The maximum atomic E-state index is 12.8. The molecule has 0 N–H and O–H groups in total. The van der Waals surface area contributed by atoms with Crippen molar-refractivity contribution in [1.29, 1.82) is 5.26 Å². The van der Waals surface area contributed by atoms with Gasteiger partial charge in [0, 0.05) is 18.8 Å². The van der Waals surface area contributed by atoms with Gasteiger partial charge >= 0.3 is 6.03 Å². The Morgan fingerprint density at radius 1 is 1.29 bits per heavy atom. The van der Waals surface area contributed by atoms with Crippen molar-refractivity contribution in [3.63, 3.8) is 0 Å². The molecule has 2 heterocycles. The topological polar surface area (TPSA) is 73.1 Å². The molecule has 0 saturated carbocycles. The van der Waals surface area contributed by atoms with E-state index in [1.807, 2.05) is 36.4 Å². The minimum Gasteiger partial charge on any atom is -0.322 e. The molecule has 1 aliphatic rings. The van der Waals surface area contributed by atoms with Crippen LogP contribution < -0.4 is 4.90 Å². The zero-order valence-electron chi connectivity index (χ0n) is 13.2. The van der Waals surface area contributed by atoms with Gasteiger partial charge in [0.15, 0.2) is 5.69 Å². The van der Waals surface area contributed by atoms with Gasteiger partial charge in [0.2, 0.25) is 0 Å². The smallest absolute Gasteiger partial charge is 0.322 e. The fourth-order valence-electron chi connectivity index (χ4n) is 2.76. The fourth-order valence-corrected chi connectivity index (χ4v) is 2.76. The number of hydrogen-bond donors (Lipinski definition) is 0. The van der Waals surface area contributed by atoms with Crippen molar-refractivity contribution >= 4 is 11.7 Å². The van der Waals surface area contributed by atoms with Crippen LogP contribution in [-0.4, -0.2) is 34.0 Å². The molecule has 24 heavy (non-hydrogen) atoms. The van der Waals surface area contributed by atoms with E-state index in [2.05, 4.69) is 16.5 Å². The molecular weight excluding hydrogens is 302 g/mol. The molecule has 120 valence electrons. The molecule has 0 aliphatic carbocycles. The van der Waals surface area contributed by atoms with Gasteiger partial charge in [0.05, 0.1) is 24.1 Å². The highest BCUT2D eigenvalue weighted by Gasteiger charge is 2.39. The molecule has 1 atom stereocenters. The summed E-state index contributed by atoms with van der Waals surface area (Å²) in [6.07, 6.45) is 5.55. The second kappa shape index (κ2) is 6.92. The van der Waals surface area contributed by atoms with Gasteiger partial charge in [-0.25, -0.2) is 9.78 Å². The van der Waals surface area contributed by atoms with Gasteiger partial charge in [-0.15, -0.1) is 6.58 Å². The summed E-state index contributed by atoms with van der Waals surface area (Å²) in [5.74, 6) is 0. The van der Waals surface area contributed by atoms with Crippen LogP contribution in [0.2, 0.25) is 0 Å². The van der Waals surface area contributed by atoms with Gasteiger partial charge in [-0.1, -0.05) is 24.3 Å². The normalized spacial score (nSPS) is 17.0. The summed E-state index contributed by atoms with van der Waals surface area (Å²) in [5.41, 5.74) is 1.75. The van der Waals surface area contributed by atoms with Crippen molar-refractivity contribution in [3.8, 4) is 6.07 Å². The Hall–Kier alpha value is -3.20. The number of aromatic nitrogens is 2. The zero-order chi connectivity index (χ0) is 16.9. The van der Waals surface area contributed by atoms with Crippen molar-refractivity contribution in [2.24, 2.45) is 0 Å². The number of amides is 2. The third-order valence-electron chi connectivity index (χ3n) is 3.95. The first-order valence-electron chi connectivity index (χ1n) is 7.70.